The van der Waals surface area contributed by atoms with Gasteiger partial charge in [0.1, 0.15) is 5.75 Å². The molecular formula is C11H11I2NO4. The Morgan fingerprint density at radius 2 is 1.89 bits per heavy atom. The Hall–Kier alpha value is -0.580. The zero-order valence-electron chi connectivity index (χ0n) is 9.50. The fraction of sp³-hybridized carbons (Fsp3) is 0.273. The zero-order chi connectivity index (χ0) is 13.7. The van der Waals surface area contributed by atoms with Crippen LogP contribution in [0.2, 0.25) is 0 Å². The van der Waals surface area contributed by atoms with Gasteiger partial charge in [0.2, 0.25) is 5.91 Å². The van der Waals surface area contributed by atoms with Gasteiger partial charge in [-0.25, -0.2) is 4.79 Å². The highest BCUT2D eigenvalue weighted by Crippen LogP contribution is 2.27. The molecule has 0 heterocycles. The van der Waals surface area contributed by atoms with Crippen molar-refractivity contribution in [3.63, 3.8) is 0 Å². The summed E-state index contributed by atoms with van der Waals surface area (Å²) in [6.45, 7) is 0. The van der Waals surface area contributed by atoms with Gasteiger partial charge in [0.05, 0.1) is 14.3 Å². The number of carbonyl (C=O) groups is 2. The number of imide groups is 1. The van der Waals surface area contributed by atoms with Gasteiger partial charge in [0.25, 0.3) is 0 Å². The smallest absolute Gasteiger partial charge is 0.413 e. The van der Waals surface area contributed by atoms with Crippen molar-refractivity contribution in [3.05, 3.63) is 24.8 Å². The standard InChI is InChI=1S/C11H11I2NO4/c1-18-11(17)14-9(15)3-2-6-4-7(12)10(16)8(13)5-6/h4-5,16H,2-3H2,1H3,(H,14,15,17). The molecule has 98 valence electrons. The van der Waals surface area contributed by atoms with Crippen LogP contribution in [-0.2, 0) is 16.0 Å². The van der Waals surface area contributed by atoms with Crippen molar-refractivity contribution in [2.75, 3.05) is 7.11 Å². The molecule has 2 N–H and O–H groups in total. The second kappa shape index (κ2) is 7.12. The van der Waals surface area contributed by atoms with Crippen LogP contribution in [-0.4, -0.2) is 24.2 Å². The molecule has 0 aliphatic rings. The Kier molecular flexibility index (Phi) is 6.12. The number of methoxy groups -OCH3 is 1. The molecule has 0 unspecified atom stereocenters. The van der Waals surface area contributed by atoms with Crippen molar-refractivity contribution >= 4 is 57.2 Å². The van der Waals surface area contributed by atoms with Crippen LogP contribution in [0.15, 0.2) is 12.1 Å². The van der Waals surface area contributed by atoms with Gasteiger partial charge in [-0.2, -0.15) is 0 Å². The molecule has 0 saturated carbocycles. The molecular weight excluding hydrogens is 464 g/mol. The van der Waals surface area contributed by atoms with Gasteiger partial charge < -0.3 is 9.84 Å². The van der Waals surface area contributed by atoms with E-state index in [-0.39, 0.29) is 18.1 Å². The lowest BCUT2D eigenvalue weighted by molar-refractivity contribution is -0.120. The summed E-state index contributed by atoms with van der Waals surface area (Å²) >= 11 is 4.06. The van der Waals surface area contributed by atoms with Gasteiger partial charge in [-0.1, -0.05) is 0 Å². The molecule has 0 bridgehead atoms. The van der Waals surface area contributed by atoms with E-state index in [1.54, 1.807) is 0 Å². The predicted molar refractivity (Wildman–Crippen MR) is 82.4 cm³/mol. The highest BCUT2D eigenvalue weighted by atomic mass is 127. The number of phenols is 1. The van der Waals surface area contributed by atoms with Crippen LogP contribution < -0.4 is 5.32 Å². The quantitative estimate of drug-likeness (QED) is 0.660. The third kappa shape index (κ3) is 4.59. The first-order valence-electron chi connectivity index (χ1n) is 4.98. The summed E-state index contributed by atoms with van der Waals surface area (Å²) in [5, 5.41) is 11.7. The van der Waals surface area contributed by atoms with Gasteiger partial charge >= 0.3 is 6.09 Å². The number of aryl methyl sites for hydroxylation is 1. The van der Waals surface area contributed by atoms with Gasteiger partial charge in [-0.3, -0.25) is 10.1 Å². The summed E-state index contributed by atoms with van der Waals surface area (Å²) in [4.78, 5) is 22.2. The van der Waals surface area contributed by atoms with E-state index in [4.69, 9.17) is 0 Å². The van der Waals surface area contributed by atoms with E-state index in [1.807, 2.05) is 57.3 Å². The molecule has 0 saturated heterocycles. The number of rotatable bonds is 3. The number of alkyl carbamates (subject to hydrolysis) is 1. The number of halogens is 2. The van der Waals surface area contributed by atoms with Crippen molar-refractivity contribution in [1.29, 1.82) is 0 Å². The molecule has 5 nitrogen and oxygen atoms in total. The van der Waals surface area contributed by atoms with Crippen molar-refractivity contribution in [1.82, 2.24) is 5.32 Å². The van der Waals surface area contributed by atoms with E-state index < -0.39 is 6.09 Å². The van der Waals surface area contributed by atoms with Crippen LogP contribution in [0.25, 0.3) is 0 Å². The largest absolute Gasteiger partial charge is 0.506 e. The minimum Gasteiger partial charge on any atom is -0.506 e. The first-order valence-corrected chi connectivity index (χ1v) is 7.14. The second-order valence-electron chi connectivity index (χ2n) is 3.45. The summed E-state index contributed by atoms with van der Waals surface area (Å²) in [6, 6.07) is 3.62. The topological polar surface area (TPSA) is 75.6 Å². The van der Waals surface area contributed by atoms with Crippen molar-refractivity contribution < 1.29 is 19.4 Å². The van der Waals surface area contributed by atoms with Gasteiger partial charge in [0, 0.05) is 6.42 Å². The third-order valence-corrected chi connectivity index (χ3v) is 3.79. The number of aromatic hydroxyl groups is 1. The summed E-state index contributed by atoms with van der Waals surface area (Å²) < 4.78 is 5.80. The molecule has 1 rings (SSSR count). The Morgan fingerprint density at radius 1 is 1.33 bits per heavy atom. The number of ether oxygens (including phenoxy) is 1. The summed E-state index contributed by atoms with van der Waals surface area (Å²) in [7, 11) is 1.20. The van der Waals surface area contributed by atoms with Crippen LogP contribution in [0.5, 0.6) is 5.75 Å². The maximum absolute atomic E-state index is 11.4. The third-order valence-electron chi connectivity index (χ3n) is 2.14. The second-order valence-corrected chi connectivity index (χ2v) is 5.77. The maximum atomic E-state index is 11.4. The Morgan fingerprint density at radius 3 is 2.39 bits per heavy atom. The van der Waals surface area contributed by atoms with Crippen LogP contribution in [0.3, 0.4) is 0 Å². The van der Waals surface area contributed by atoms with Crippen molar-refractivity contribution in [2.24, 2.45) is 0 Å². The van der Waals surface area contributed by atoms with E-state index in [0.717, 1.165) is 12.7 Å². The molecule has 0 radical (unpaired) electrons. The molecule has 1 aromatic rings. The van der Waals surface area contributed by atoms with Gasteiger partial charge in [-0.15, -0.1) is 0 Å². The van der Waals surface area contributed by atoms with Crippen LogP contribution >= 0.6 is 45.2 Å². The molecule has 0 aliphatic heterocycles. The van der Waals surface area contributed by atoms with Gasteiger partial charge in [0.15, 0.2) is 0 Å². The molecule has 0 fully saturated rings. The highest BCUT2D eigenvalue weighted by molar-refractivity contribution is 14.1. The lowest BCUT2D eigenvalue weighted by Crippen LogP contribution is -2.30. The fourth-order valence-corrected chi connectivity index (χ4v) is 3.14. The number of amides is 2. The summed E-state index contributed by atoms with van der Waals surface area (Å²) in [6.07, 6.45) is -0.0731. The lowest BCUT2D eigenvalue weighted by Gasteiger charge is -2.06. The van der Waals surface area contributed by atoms with E-state index in [2.05, 4.69) is 10.1 Å². The van der Waals surface area contributed by atoms with Crippen LogP contribution in [0.1, 0.15) is 12.0 Å². The number of hydrogen-bond acceptors (Lipinski definition) is 4. The first-order chi connectivity index (χ1) is 8.43. The summed E-state index contributed by atoms with van der Waals surface area (Å²) in [5.41, 5.74) is 0.932. The molecule has 18 heavy (non-hydrogen) atoms. The minimum absolute atomic E-state index is 0.187. The first kappa shape index (κ1) is 15.5. The minimum atomic E-state index is -0.755. The normalized spacial score (nSPS) is 9.94. The molecule has 0 atom stereocenters. The molecule has 7 heteroatoms. The highest BCUT2D eigenvalue weighted by Gasteiger charge is 2.10. The Labute approximate surface area is 132 Å². The summed E-state index contributed by atoms with van der Waals surface area (Å²) in [5.74, 6) is -0.140. The molecule has 0 aliphatic carbocycles. The maximum Gasteiger partial charge on any atom is 0.413 e. The average Bonchev–Trinajstić information content (AvgIpc) is 2.33. The van der Waals surface area contributed by atoms with Crippen molar-refractivity contribution in [2.45, 2.75) is 12.8 Å². The fourth-order valence-electron chi connectivity index (χ4n) is 1.25. The number of nitrogens with one attached hydrogen (secondary N) is 1. The van der Waals surface area contributed by atoms with E-state index in [0.29, 0.717) is 6.42 Å². The SMILES string of the molecule is COC(=O)NC(=O)CCc1cc(I)c(O)c(I)c1. The van der Waals surface area contributed by atoms with Crippen molar-refractivity contribution in [3.8, 4) is 5.75 Å². The predicted octanol–water partition coefficient (Wildman–Crippen LogP) is 2.42. The van der Waals surface area contributed by atoms with E-state index in [1.165, 1.54) is 7.11 Å². The Bertz CT molecular complexity index is 453. The molecule has 0 aromatic heterocycles. The number of hydrogen-bond donors (Lipinski definition) is 2. The van der Waals surface area contributed by atoms with Crippen LogP contribution in [0.4, 0.5) is 4.79 Å². The molecule has 1 aromatic carbocycles. The zero-order valence-corrected chi connectivity index (χ0v) is 13.8. The average molecular weight is 475 g/mol. The van der Waals surface area contributed by atoms with E-state index in [9.17, 15) is 14.7 Å². The lowest BCUT2D eigenvalue weighted by atomic mass is 10.1. The van der Waals surface area contributed by atoms with E-state index >= 15 is 0 Å². The molecule has 0 spiro atoms. The number of phenolic OH excluding ortho intramolecular Hbond substituents is 1. The monoisotopic (exact) mass is 475 g/mol. The molecule has 2 amide bonds. The van der Waals surface area contributed by atoms with Crippen LogP contribution in [0, 0.1) is 7.14 Å². The Balaban J connectivity index is 2.59. The number of benzene rings is 1. The van der Waals surface area contributed by atoms with Gasteiger partial charge in [-0.05, 0) is 69.3 Å². The number of carbonyl (C=O) groups excluding carboxylic acids is 2.